The molecule has 2 aromatic rings. The van der Waals surface area contributed by atoms with Crippen molar-refractivity contribution in [2.45, 2.75) is 32.2 Å². The minimum Gasteiger partial charge on any atom is -0.497 e. The first-order valence-electron chi connectivity index (χ1n) is 6.27. The van der Waals surface area contributed by atoms with E-state index in [2.05, 4.69) is 14.9 Å². The summed E-state index contributed by atoms with van der Waals surface area (Å²) in [6.07, 6.45) is 0. The van der Waals surface area contributed by atoms with E-state index < -0.39 is 10.0 Å². The van der Waals surface area contributed by atoms with E-state index in [-0.39, 0.29) is 17.3 Å². The first kappa shape index (κ1) is 15.5. The third-order valence-electron chi connectivity index (χ3n) is 2.92. The summed E-state index contributed by atoms with van der Waals surface area (Å²) in [4.78, 5) is 0.236. The van der Waals surface area contributed by atoms with Crippen LogP contribution >= 0.6 is 0 Å². The van der Waals surface area contributed by atoms with Gasteiger partial charge in [0.05, 0.1) is 18.6 Å². The highest BCUT2D eigenvalue weighted by Crippen LogP contribution is 2.25. The lowest BCUT2D eigenvalue weighted by atomic mass is 10.1. The summed E-state index contributed by atoms with van der Waals surface area (Å²) in [5.41, 5.74) is 1.22. The Morgan fingerprint density at radius 1 is 1.19 bits per heavy atom. The molecule has 114 valence electrons. The van der Waals surface area contributed by atoms with Crippen molar-refractivity contribution in [3.05, 3.63) is 35.0 Å². The van der Waals surface area contributed by atoms with Crippen LogP contribution in [-0.2, 0) is 16.6 Å². The number of sulfonamides is 1. The molecule has 0 spiro atoms. The Kier molecular flexibility index (Phi) is 4.29. The highest BCUT2D eigenvalue weighted by Gasteiger charge is 2.21. The standard InChI is InChI=1S/C13H17N3O4S/c1-8-5-11(19-4)6-9(2)13(8)21(17,18)14-7-12-16-15-10(3)20-12/h5-6,14H,7H2,1-4H3. The van der Waals surface area contributed by atoms with Crippen molar-refractivity contribution in [2.24, 2.45) is 0 Å². The molecule has 7 nitrogen and oxygen atoms in total. The van der Waals surface area contributed by atoms with Crippen LogP contribution in [0.2, 0.25) is 0 Å². The Hall–Kier alpha value is -1.93. The second kappa shape index (κ2) is 5.82. The molecular formula is C13H17N3O4S. The number of aryl methyl sites for hydroxylation is 3. The number of hydrogen-bond acceptors (Lipinski definition) is 6. The van der Waals surface area contributed by atoms with Gasteiger partial charge < -0.3 is 9.15 Å². The van der Waals surface area contributed by atoms with E-state index in [0.717, 1.165) is 0 Å². The van der Waals surface area contributed by atoms with Gasteiger partial charge in [0.2, 0.25) is 21.8 Å². The van der Waals surface area contributed by atoms with Gasteiger partial charge in [-0.1, -0.05) is 0 Å². The monoisotopic (exact) mass is 311 g/mol. The van der Waals surface area contributed by atoms with Crippen LogP contribution in [0.25, 0.3) is 0 Å². The number of benzene rings is 1. The Morgan fingerprint density at radius 2 is 1.81 bits per heavy atom. The predicted octanol–water partition coefficient (Wildman–Crippen LogP) is 1.48. The summed E-state index contributed by atoms with van der Waals surface area (Å²) in [5.74, 6) is 1.23. The van der Waals surface area contributed by atoms with Crippen molar-refractivity contribution in [1.29, 1.82) is 0 Å². The lowest BCUT2D eigenvalue weighted by molar-refractivity contribution is 0.413. The SMILES string of the molecule is COc1cc(C)c(S(=O)(=O)NCc2nnc(C)o2)c(C)c1. The Bertz CT molecular complexity index is 730. The third kappa shape index (κ3) is 3.40. The van der Waals surface area contributed by atoms with Gasteiger partial charge in [-0.25, -0.2) is 13.1 Å². The Labute approximate surface area is 123 Å². The van der Waals surface area contributed by atoms with Crippen molar-refractivity contribution >= 4 is 10.0 Å². The van der Waals surface area contributed by atoms with Gasteiger partial charge in [0, 0.05) is 6.92 Å². The minimum absolute atomic E-state index is 0.0475. The van der Waals surface area contributed by atoms with Gasteiger partial charge in [0.15, 0.2) is 0 Å². The van der Waals surface area contributed by atoms with Crippen LogP contribution in [0.3, 0.4) is 0 Å². The van der Waals surface area contributed by atoms with Gasteiger partial charge in [-0.2, -0.15) is 0 Å². The highest BCUT2D eigenvalue weighted by atomic mass is 32.2. The number of nitrogens with one attached hydrogen (secondary N) is 1. The normalized spacial score (nSPS) is 11.6. The van der Waals surface area contributed by atoms with Gasteiger partial charge >= 0.3 is 0 Å². The minimum atomic E-state index is -3.67. The fourth-order valence-electron chi connectivity index (χ4n) is 2.09. The van der Waals surface area contributed by atoms with Crippen LogP contribution in [0.1, 0.15) is 22.9 Å². The van der Waals surface area contributed by atoms with Crippen LogP contribution in [-0.4, -0.2) is 25.7 Å². The van der Waals surface area contributed by atoms with E-state index in [1.807, 2.05) is 0 Å². The molecule has 2 rings (SSSR count). The molecule has 0 aliphatic carbocycles. The van der Waals surface area contributed by atoms with Crippen LogP contribution in [0.15, 0.2) is 21.4 Å². The van der Waals surface area contributed by atoms with Crippen LogP contribution < -0.4 is 9.46 Å². The fraction of sp³-hybridized carbons (Fsp3) is 0.385. The molecule has 0 amide bonds. The molecule has 8 heteroatoms. The average Bonchev–Trinajstić information content (AvgIpc) is 2.81. The topological polar surface area (TPSA) is 94.3 Å². The second-order valence-corrected chi connectivity index (χ2v) is 6.33. The molecule has 0 saturated heterocycles. The van der Waals surface area contributed by atoms with Crippen molar-refractivity contribution in [2.75, 3.05) is 7.11 Å². The molecule has 0 fully saturated rings. The molecule has 1 aromatic heterocycles. The van der Waals surface area contributed by atoms with Gasteiger partial charge in [0.25, 0.3) is 0 Å². The first-order valence-corrected chi connectivity index (χ1v) is 7.75. The molecule has 1 heterocycles. The van der Waals surface area contributed by atoms with E-state index in [9.17, 15) is 8.42 Å². The second-order valence-electron chi connectivity index (χ2n) is 4.63. The summed E-state index contributed by atoms with van der Waals surface area (Å²) in [6.45, 7) is 5.04. The number of rotatable bonds is 5. The van der Waals surface area contributed by atoms with Crippen LogP contribution in [0, 0.1) is 20.8 Å². The molecule has 0 aliphatic rings. The Morgan fingerprint density at radius 3 is 2.29 bits per heavy atom. The molecule has 0 radical (unpaired) electrons. The molecular weight excluding hydrogens is 294 g/mol. The maximum atomic E-state index is 12.4. The quantitative estimate of drug-likeness (QED) is 0.899. The fourth-order valence-corrected chi connectivity index (χ4v) is 3.51. The van der Waals surface area contributed by atoms with E-state index in [0.29, 0.717) is 22.8 Å². The molecule has 0 unspecified atom stereocenters. The largest absolute Gasteiger partial charge is 0.497 e. The molecule has 1 aromatic carbocycles. The third-order valence-corrected chi connectivity index (χ3v) is 4.63. The number of methoxy groups -OCH3 is 1. The van der Waals surface area contributed by atoms with E-state index in [1.165, 1.54) is 0 Å². The predicted molar refractivity (Wildman–Crippen MR) is 75.5 cm³/mol. The molecule has 0 saturated carbocycles. The zero-order chi connectivity index (χ0) is 15.6. The summed E-state index contributed by atoms with van der Waals surface area (Å²) in [6, 6.07) is 3.36. The average molecular weight is 311 g/mol. The van der Waals surface area contributed by atoms with E-state index >= 15 is 0 Å². The van der Waals surface area contributed by atoms with E-state index in [4.69, 9.17) is 9.15 Å². The maximum Gasteiger partial charge on any atom is 0.241 e. The lowest BCUT2D eigenvalue weighted by Crippen LogP contribution is -2.25. The smallest absolute Gasteiger partial charge is 0.241 e. The van der Waals surface area contributed by atoms with Gasteiger partial charge in [-0.3, -0.25) is 0 Å². The maximum absolute atomic E-state index is 12.4. The van der Waals surface area contributed by atoms with Gasteiger partial charge in [-0.15, -0.1) is 10.2 Å². The molecule has 0 aliphatic heterocycles. The lowest BCUT2D eigenvalue weighted by Gasteiger charge is -2.12. The molecule has 21 heavy (non-hydrogen) atoms. The Balaban J connectivity index is 2.27. The summed E-state index contributed by atoms with van der Waals surface area (Å²) in [5, 5.41) is 7.40. The molecule has 1 N–H and O–H groups in total. The summed E-state index contributed by atoms with van der Waals surface area (Å²) >= 11 is 0. The zero-order valence-corrected chi connectivity index (χ0v) is 13.1. The van der Waals surface area contributed by atoms with Gasteiger partial charge in [0.1, 0.15) is 5.75 Å². The number of nitrogens with zero attached hydrogens (tertiary/aromatic N) is 2. The van der Waals surface area contributed by atoms with Gasteiger partial charge in [-0.05, 0) is 37.1 Å². The number of ether oxygens (including phenoxy) is 1. The molecule has 0 bridgehead atoms. The summed E-state index contributed by atoms with van der Waals surface area (Å²) in [7, 11) is -2.13. The molecule has 0 atom stereocenters. The highest BCUT2D eigenvalue weighted by molar-refractivity contribution is 7.89. The van der Waals surface area contributed by atoms with Crippen LogP contribution in [0.5, 0.6) is 5.75 Å². The summed E-state index contributed by atoms with van der Waals surface area (Å²) < 4.78 is 37.6. The first-order chi connectivity index (χ1) is 9.83. The van der Waals surface area contributed by atoms with E-state index in [1.54, 1.807) is 40.0 Å². The van der Waals surface area contributed by atoms with Crippen molar-refractivity contribution in [3.63, 3.8) is 0 Å². The number of aromatic nitrogens is 2. The van der Waals surface area contributed by atoms with Crippen molar-refractivity contribution in [1.82, 2.24) is 14.9 Å². The van der Waals surface area contributed by atoms with Crippen LogP contribution in [0.4, 0.5) is 0 Å². The zero-order valence-electron chi connectivity index (χ0n) is 12.3. The van der Waals surface area contributed by atoms with Crippen molar-refractivity contribution in [3.8, 4) is 5.75 Å². The van der Waals surface area contributed by atoms with Crippen molar-refractivity contribution < 1.29 is 17.6 Å². The number of hydrogen-bond donors (Lipinski definition) is 1.